The number of nitrogens with two attached hydrogens (primary N) is 1. The Labute approximate surface area is 100 Å². The standard InChI is InChI=1S/C12H16N4O/c1-3-4-10-14-7-8-16(10)12-9(13)5-6-11(15-12)17-2/h5-8H,3-4,13H2,1-2H3. The molecule has 0 spiro atoms. The lowest BCUT2D eigenvalue weighted by molar-refractivity contribution is 0.397. The molecular formula is C12H16N4O. The van der Waals surface area contributed by atoms with E-state index in [4.69, 9.17) is 10.5 Å². The molecule has 5 nitrogen and oxygen atoms in total. The molecule has 0 aliphatic carbocycles. The van der Waals surface area contributed by atoms with E-state index >= 15 is 0 Å². The quantitative estimate of drug-likeness (QED) is 0.873. The molecule has 2 aromatic heterocycles. The zero-order valence-electron chi connectivity index (χ0n) is 10.1. The van der Waals surface area contributed by atoms with Crippen molar-refractivity contribution < 1.29 is 4.74 Å². The monoisotopic (exact) mass is 232 g/mol. The Hall–Kier alpha value is -2.04. The number of ether oxygens (including phenoxy) is 1. The van der Waals surface area contributed by atoms with Gasteiger partial charge in [0.25, 0.3) is 0 Å². The third kappa shape index (κ3) is 2.22. The van der Waals surface area contributed by atoms with Gasteiger partial charge < -0.3 is 10.5 Å². The molecule has 0 radical (unpaired) electrons. The molecule has 0 aromatic carbocycles. The number of imidazole rings is 1. The highest BCUT2D eigenvalue weighted by Crippen LogP contribution is 2.20. The van der Waals surface area contributed by atoms with Crippen molar-refractivity contribution in [3.05, 3.63) is 30.4 Å². The minimum absolute atomic E-state index is 0.547. The molecule has 0 saturated heterocycles. The molecular weight excluding hydrogens is 216 g/mol. The van der Waals surface area contributed by atoms with Gasteiger partial charge >= 0.3 is 0 Å². The Morgan fingerprint density at radius 3 is 2.94 bits per heavy atom. The maximum absolute atomic E-state index is 5.93. The molecule has 0 bridgehead atoms. The number of nitrogens with zero attached hydrogens (tertiary/aromatic N) is 3. The van der Waals surface area contributed by atoms with Gasteiger partial charge in [-0.15, -0.1) is 0 Å². The first-order valence-electron chi connectivity index (χ1n) is 5.59. The van der Waals surface area contributed by atoms with Crippen LogP contribution in [-0.4, -0.2) is 21.6 Å². The molecule has 0 atom stereocenters. The summed E-state index contributed by atoms with van der Waals surface area (Å²) in [6.07, 6.45) is 5.54. The predicted molar refractivity (Wildman–Crippen MR) is 66.3 cm³/mol. The smallest absolute Gasteiger partial charge is 0.215 e. The van der Waals surface area contributed by atoms with Gasteiger partial charge in [0.2, 0.25) is 5.88 Å². The zero-order chi connectivity index (χ0) is 12.3. The van der Waals surface area contributed by atoms with E-state index in [0.717, 1.165) is 18.7 Å². The summed E-state index contributed by atoms with van der Waals surface area (Å²) in [6.45, 7) is 2.11. The first kappa shape index (κ1) is 11.4. The number of aromatic nitrogens is 3. The molecule has 0 aliphatic rings. The number of aryl methyl sites for hydroxylation is 1. The Morgan fingerprint density at radius 1 is 1.41 bits per heavy atom. The molecule has 2 rings (SSSR count). The summed E-state index contributed by atoms with van der Waals surface area (Å²) >= 11 is 0. The summed E-state index contributed by atoms with van der Waals surface area (Å²) in [5.41, 5.74) is 6.55. The number of hydrogen-bond acceptors (Lipinski definition) is 4. The summed E-state index contributed by atoms with van der Waals surface area (Å²) in [7, 11) is 1.59. The van der Waals surface area contributed by atoms with Gasteiger partial charge in [0.05, 0.1) is 12.8 Å². The van der Waals surface area contributed by atoms with Crippen LogP contribution in [0.3, 0.4) is 0 Å². The van der Waals surface area contributed by atoms with Crippen LogP contribution in [0, 0.1) is 0 Å². The normalized spacial score (nSPS) is 10.5. The molecule has 0 amide bonds. The van der Waals surface area contributed by atoms with Crippen molar-refractivity contribution in [2.45, 2.75) is 19.8 Å². The second-order valence-corrected chi connectivity index (χ2v) is 3.73. The molecule has 0 unspecified atom stereocenters. The van der Waals surface area contributed by atoms with E-state index in [1.54, 1.807) is 25.4 Å². The third-order valence-corrected chi connectivity index (χ3v) is 2.51. The van der Waals surface area contributed by atoms with E-state index in [2.05, 4.69) is 16.9 Å². The first-order chi connectivity index (χ1) is 8.26. The maximum atomic E-state index is 5.93. The molecule has 0 aliphatic heterocycles. The van der Waals surface area contributed by atoms with Gasteiger partial charge in [0.1, 0.15) is 5.82 Å². The molecule has 0 fully saturated rings. The molecule has 2 N–H and O–H groups in total. The average molecular weight is 232 g/mol. The molecule has 2 aromatic rings. The number of hydrogen-bond donors (Lipinski definition) is 1. The molecule has 5 heteroatoms. The highest BCUT2D eigenvalue weighted by atomic mass is 16.5. The highest BCUT2D eigenvalue weighted by Gasteiger charge is 2.09. The average Bonchev–Trinajstić information content (AvgIpc) is 2.78. The number of nitrogen functional groups attached to an aromatic ring is 1. The van der Waals surface area contributed by atoms with Gasteiger partial charge in [0.15, 0.2) is 5.82 Å². The van der Waals surface area contributed by atoms with Crippen molar-refractivity contribution in [1.82, 2.24) is 14.5 Å². The summed E-state index contributed by atoms with van der Waals surface area (Å²) in [5, 5.41) is 0. The molecule has 17 heavy (non-hydrogen) atoms. The van der Waals surface area contributed by atoms with E-state index in [9.17, 15) is 0 Å². The van der Waals surface area contributed by atoms with Crippen LogP contribution in [-0.2, 0) is 6.42 Å². The second kappa shape index (κ2) is 4.86. The van der Waals surface area contributed by atoms with Crippen LogP contribution in [0.5, 0.6) is 5.88 Å². The lowest BCUT2D eigenvalue weighted by atomic mass is 10.3. The number of rotatable bonds is 4. The van der Waals surface area contributed by atoms with Crippen molar-refractivity contribution in [3.8, 4) is 11.7 Å². The minimum Gasteiger partial charge on any atom is -0.481 e. The van der Waals surface area contributed by atoms with Crippen LogP contribution >= 0.6 is 0 Å². The maximum Gasteiger partial charge on any atom is 0.215 e. The van der Waals surface area contributed by atoms with Crippen molar-refractivity contribution >= 4 is 5.69 Å². The van der Waals surface area contributed by atoms with Gasteiger partial charge in [-0.1, -0.05) is 6.92 Å². The van der Waals surface area contributed by atoms with Crippen molar-refractivity contribution in [2.24, 2.45) is 0 Å². The second-order valence-electron chi connectivity index (χ2n) is 3.73. The Kier molecular flexibility index (Phi) is 3.27. The van der Waals surface area contributed by atoms with Crippen LogP contribution in [0.1, 0.15) is 19.2 Å². The van der Waals surface area contributed by atoms with Crippen LogP contribution < -0.4 is 10.5 Å². The summed E-state index contributed by atoms with van der Waals surface area (Å²) < 4.78 is 7.01. The van der Waals surface area contributed by atoms with Crippen LogP contribution in [0.15, 0.2) is 24.5 Å². The summed E-state index contributed by atoms with van der Waals surface area (Å²) in [6, 6.07) is 3.53. The van der Waals surface area contributed by atoms with E-state index in [-0.39, 0.29) is 0 Å². The fourth-order valence-electron chi connectivity index (χ4n) is 1.68. The largest absolute Gasteiger partial charge is 0.481 e. The molecule has 90 valence electrons. The zero-order valence-corrected chi connectivity index (χ0v) is 10.1. The predicted octanol–water partition coefficient (Wildman–Crippen LogP) is 1.81. The van der Waals surface area contributed by atoms with Crippen molar-refractivity contribution in [3.63, 3.8) is 0 Å². The molecule has 0 saturated carbocycles. The Bertz CT molecular complexity index is 507. The molecule has 2 heterocycles. The summed E-state index contributed by atoms with van der Waals surface area (Å²) in [5.74, 6) is 2.18. The topological polar surface area (TPSA) is 66.0 Å². The lowest BCUT2D eigenvalue weighted by Crippen LogP contribution is -2.06. The van der Waals surface area contributed by atoms with E-state index in [0.29, 0.717) is 17.4 Å². The van der Waals surface area contributed by atoms with Crippen molar-refractivity contribution in [2.75, 3.05) is 12.8 Å². The van der Waals surface area contributed by atoms with E-state index in [1.165, 1.54) is 0 Å². The van der Waals surface area contributed by atoms with Gasteiger partial charge in [-0.2, -0.15) is 4.98 Å². The fourth-order valence-corrected chi connectivity index (χ4v) is 1.68. The first-order valence-corrected chi connectivity index (χ1v) is 5.59. The fraction of sp³-hybridized carbons (Fsp3) is 0.333. The summed E-state index contributed by atoms with van der Waals surface area (Å²) in [4.78, 5) is 8.66. The number of anilines is 1. The van der Waals surface area contributed by atoms with E-state index < -0.39 is 0 Å². The van der Waals surface area contributed by atoms with Gasteiger partial charge in [-0.3, -0.25) is 4.57 Å². The Morgan fingerprint density at radius 2 is 2.24 bits per heavy atom. The van der Waals surface area contributed by atoms with Crippen LogP contribution in [0.25, 0.3) is 5.82 Å². The van der Waals surface area contributed by atoms with Crippen LogP contribution in [0.4, 0.5) is 5.69 Å². The number of pyridine rings is 1. The third-order valence-electron chi connectivity index (χ3n) is 2.51. The van der Waals surface area contributed by atoms with Gasteiger partial charge in [0, 0.05) is 24.9 Å². The number of methoxy groups -OCH3 is 1. The van der Waals surface area contributed by atoms with Crippen LogP contribution in [0.2, 0.25) is 0 Å². The highest BCUT2D eigenvalue weighted by molar-refractivity contribution is 5.54. The Balaban J connectivity index is 2.47. The lowest BCUT2D eigenvalue weighted by Gasteiger charge is -2.10. The SMILES string of the molecule is CCCc1nccn1-c1nc(OC)ccc1N. The minimum atomic E-state index is 0.547. The van der Waals surface area contributed by atoms with Gasteiger partial charge in [-0.25, -0.2) is 4.98 Å². The van der Waals surface area contributed by atoms with E-state index in [1.807, 2.05) is 10.8 Å². The van der Waals surface area contributed by atoms with Crippen molar-refractivity contribution in [1.29, 1.82) is 0 Å². The van der Waals surface area contributed by atoms with Gasteiger partial charge in [-0.05, 0) is 12.5 Å².